The van der Waals surface area contributed by atoms with Crippen LogP contribution in [-0.2, 0) is 13.9 Å². The molecule has 0 aromatic heterocycles. The van der Waals surface area contributed by atoms with Crippen molar-refractivity contribution in [2.24, 2.45) is 11.8 Å². The molecule has 0 aromatic rings. The first-order valence-electron chi connectivity index (χ1n) is 10.2. The van der Waals surface area contributed by atoms with Crippen molar-refractivity contribution in [2.75, 3.05) is 13.2 Å². The summed E-state index contributed by atoms with van der Waals surface area (Å²) in [7, 11) is -1.91. The zero-order valence-electron chi connectivity index (χ0n) is 18.1. The van der Waals surface area contributed by atoms with E-state index in [0.717, 1.165) is 32.5 Å². The van der Waals surface area contributed by atoms with Crippen molar-refractivity contribution in [1.82, 2.24) is 0 Å². The zero-order valence-corrected chi connectivity index (χ0v) is 19.1. The molecule has 1 aliphatic heterocycles. The van der Waals surface area contributed by atoms with Crippen LogP contribution in [0.2, 0.25) is 18.1 Å². The van der Waals surface area contributed by atoms with Crippen molar-refractivity contribution in [3.63, 3.8) is 0 Å². The van der Waals surface area contributed by atoms with Crippen LogP contribution in [0, 0.1) is 11.8 Å². The molecule has 0 amide bonds. The fourth-order valence-electron chi connectivity index (χ4n) is 3.27. The highest BCUT2D eigenvalue weighted by Crippen LogP contribution is 2.40. The quantitative estimate of drug-likeness (QED) is 0.418. The number of hydrogen-bond donors (Lipinski definition) is 1. The Balaban J connectivity index is 2.86. The minimum atomic E-state index is -1.91. The highest BCUT2D eigenvalue weighted by atomic mass is 28.4. The molecule has 1 saturated heterocycles. The predicted molar refractivity (Wildman–Crippen MR) is 111 cm³/mol. The van der Waals surface area contributed by atoms with Crippen LogP contribution in [0.5, 0.6) is 0 Å². The highest BCUT2D eigenvalue weighted by molar-refractivity contribution is 6.74. The van der Waals surface area contributed by atoms with E-state index in [1.165, 1.54) is 0 Å². The summed E-state index contributed by atoms with van der Waals surface area (Å²) in [5.41, 5.74) is 0. The van der Waals surface area contributed by atoms with Crippen LogP contribution in [0.3, 0.4) is 0 Å². The van der Waals surface area contributed by atoms with Gasteiger partial charge in [-0.15, -0.1) is 6.58 Å². The van der Waals surface area contributed by atoms with Crippen molar-refractivity contribution in [3.05, 3.63) is 12.7 Å². The Morgan fingerprint density at radius 2 is 1.77 bits per heavy atom. The molecule has 1 rings (SSSR count). The Bertz CT molecular complexity index is 413. The highest BCUT2D eigenvalue weighted by Gasteiger charge is 2.42. The van der Waals surface area contributed by atoms with E-state index >= 15 is 0 Å². The molecule has 0 bridgehead atoms. The van der Waals surface area contributed by atoms with Gasteiger partial charge in [0.25, 0.3) is 0 Å². The standard InChI is InChI=1S/C21H42O4Si/c1-9-11-18(22)14-16(2)20(25-26(7,8)21(4,5)6)17(3)15-19-23-12-10-13-24-19/h9,16-20,22H,1,10-15H2,2-8H3/t16-,17+,18+,20+/m1/s1. The zero-order chi connectivity index (χ0) is 20.0. The van der Waals surface area contributed by atoms with E-state index in [4.69, 9.17) is 13.9 Å². The van der Waals surface area contributed by atoms with Crippen LogP contribution in [0.4, 0.5) is 0 Å². The van der Waals surface area contributed by atoms with Gasteiger partial charge in [-0.25, -0.2) is 0 Å². The van der Waals surface area contributed by atoms with Crippen molar-refractivity contribution in [1.29, 1.82) is 0 Å². The Labute approximate surface area is 162 Å². The molecule has 1 aliphatic rings. The van der Waals surface area contributed by atoms with Crippen molar-refractivity contribution in [2.45, 2.75) is 96.9 Å². The van der Waals surface area contributed by atoms with E-state index in [-0.39, 0.29) is 29.5 Å². The SMILES string of the molecule is C=CC[C@H](O)C[C@@H](C)[C@H](O[Si](C)(C)C(C)(C)C)[C@@H](C)CC1OCCCO1. The largest absolute Gasteiger partial charge is 0.413 e. The maximum Gasteiger partial charge on any atom is 0.192 e. The summed E-state index contributed by atoms with van der Waals surface area (Å²) in [6.45, 7) is 21.1. The number of aliphatic hydroxyl groups excluding tert-OH is 1. The summed E-state index contributed by atoms with van der Waals surface area (Å²) in [5.74, 6) is 0.566. The molecule has 0 spiro atoms. The van der Waals surface area contributed by atoms with Gasteiger partial charge < -0.3 is 19.0 Å². The van der Waals surface area contributed by atoms with Gasteiger partial charge in [0.15, 0.2) is 14.6 Å². The maximum atomic E-state index is 10.3. The van der Waals surface area contributed by atoms with Gasteiger partial charge in [0.05, 0.1) is 25.4 Å². The Morgan fingerprint density at radius 1 is 1.19 bits per heavy atom. The molecule has 0 radical (unpaired) electrons. The van der Waals surface area contributed by atoms with E-state index in [1.54, 1.807) is 6.08 Å². The average molecular weight is 387 g/mol. The summed E-state index contributed by atoms with van der Waals surface area (Å²) in [4.78, 5) is 0. The van der Waals surface area contributed by atoms with Gasteiger partial charge in [0.2, 0.25) is 0 Å². The first kappa shape index (κ1) is 23.8. The fourth-order valence-corrected chi connectivity index (χ4v) is 4.77. The lowest BCUT2D eigenvalue weighted by Gasteiger charge is -2.43. The lowest BCUT2D eigenvalue weighted by Crippen LogP contribution is -2.48. The van der Waals surface area contributed by atoms with E-state index in [2.05, 4.69) is 54.3 Å². The van der Waals surface area contributed by atoms with Crippen molar-refractivity contribution >= 4 is 8.32 Å². The molecule has 4 nitrogen and oxygen atoms in total. The third kappa shape index (κ3) is 7.43. The number of rotatable bonds is 10. The first-order valence-corrected chi connectivity index (χ1v) is 13.1. The monoisotopic (exact) mass is 386 g/mol. The van der Waals surface area contributed by atoms with Crippen molar-refractivity contribution < 1.29 is 19.0 Å². The molecule has 1 fully saturated rings. The predicted octanol–water partition coefficient (Wildman–Crippen LogP) is 5.13. The smallest absolute Gasteiger partial charge is 0.192 e. The Morgan fingerprint density at radius 3 is 2.27 bits per heavy atom. The molecule has 0 aliphatic carbocycles. The first-order chi connectivity index (χ1) is 12.0. The molecule has 1 heterocycles. The van der Waals surface area contributed by atoms with Crippen LogP contribution in [0.1, 0.15) is 60.3 Å². The number of hydrogen-bond acceptors (Lipinski definition) is 4. The van der Waals surface area contributed by atoms with Gasteiger partial charge in [0, 0.05) is 6.42 Å². The minimum absolute atomic E-state index is 0.0875. The van der Waals surface area contributed by atoms with Gasteiger partial charge in [0.1, 0.15) is 0 Å². The number of aliphatic hydroxyl groups is 1. The van der Waals surface area contributed by atoms with Gasteiger partial charge in [-0.05, 0) is 49.2 Å². The van der Waals surface area contributed by atoms with Gasteiger partial charge in [-0.2, -0.15) is 0 Å². The van der Waals surface area contributed by atoms with E-state index in [9.17, 15) is 5.11 Å². The summed E-state index contributed by atoms with van der Waals surface area (Å²) in [5, 5.41) is 10.4. The van der Waals surface area contributed by atoms with Gasteiger partial charge in [-0.3, -0.25) is 0 Å². The topological polar surface area (TPSA) is 47.9 Å². The number of ether oxygens (including phenoxy) is 2. The molecule has 0 aromatic carbocycles. The van der Waals surface area contributed by atoms with Crippen LogP contribution < -0.4 is 0 Å². The molecule has 0 unspecified atom stereocenters. The molecule has 154 valence electrons. The normalized spacial score (nSPS) is 21.8. The summed E-state index contributed by atoms with van der Waals surface area (Å²) >= 11 is 0. The summed E-state index contributed by atoms with van der Waals surface area (Å²) in [6.07, 6.45) is 4.54. The fraction of sp³-hybridized carbons (Fsp3) is 0.905. The average Bonchev–Trinajstić information content (AvgIpc) is 2.52. The van der Waals surface area contributed by atoms with Gasteiger partial charge >= 0.3 is 0 Å². The van der Waals surface area contributed by atoms with Crippen molar-refractivity contribution in [3.8, 4) is 0 Å². The molecule has 0 saturated carbocycles. The molecular formula is C21H42O4Si. The molecular weight excluding hydrogens is 344 g/mol. The maximum absolute atomic E-state index is 10.3. The Hall–Kier alpha value is -0.203. The Kier molecular flexibility index (Phi) is 9.51. The molecule has 4 atom stereocenters. The molecule has 26 heavy (non-hydrogen) atoms. The molecule has 1 N–H and O–H groups in total. The van der Waals surface area contributed by atoms with Crippen LogP contribution >= 0.6 is 0 Å². The second kappa shape index (κ2) is 10.4. The van der Waals surface area contributed by atoms with E-state index < -0.39 is 8.32 Å². The van der Waals surface area contributed by atoms with E-state index in [0.29, 0.717) is 12.3 Å². The summed E-state index contributed by atoms with van der Waals surface area (Å²) < 4.78 is 18.4. The minimum Gasteiger partial charge on any atom is -0.413 e. The van der Waals surface area contributed by atoms with E-state index in [1.807, 2.05) is 0 Å². The van der Waals surface area contributed by atoms with Crippen LogP contribution in [-0.4, -0.2) is 45.1 Å². The third-order valence-electron chi connectivity index (χ3n) is 5.90. The third-order valence-corrected chi connectivity index (χ3v) is 10.4. The summed E-state index contributed by atoms with van der Waals surface area (Å²) in [6, 6.07) is 0. The van der Waals surface area contributed by atoms with Gasteiger partial charge in [-0.1, -0.05) is 40.7 Å². The van der Waals surface area contributed by atoms with Crippen LogP contribution in [0.25, 0.3) is 0 Å². The molecule has 5 heteroatoms. The lowest BCUT2D eigenvalue weighted by molar-refractivity contribution is -0.190. The lowest BCUT2D eigenvalue weighted by atomic mass is 9.87. The second-order valence-corrected chi connectivity index (χ2v) is 14.2. The van der Waals surface area contributed by atoms with Crippen LogP contribution in [0.15, 0.2) is 12.7 Å². The second-order valence-electron chi connectivity index (χ2n) is 9.47.